The van der Waals surface area contributed by atoms with E-state index in [-0.39, 0.29) is 18.2 Å². The number of nitrogens with one attached hydrogen (secondary N) is 2. The van der Waals surface area contributed by atoms with Crippen LogP contribution in [-0.2, 0) is 0 Å². The lowest BCUT2D eigenvalue weighted by molar-refractivity contribution is 0.0506. The molecule has 1 saturated carbocycles. The summed E-state index contributed by atoms with van der Waals surface area (Å²) in [5.41, 5.74) is 0. The number of hydrogen-bond donors (Lipinski definition) is 3. The molecule has 2 aliphatic heterocycles. The van der Waals surface area contributed by atoms with Crippen LogP contribution < -0.4 is 10.6 Å². The number of hydrogen-bond acceptors (Lipinski definition) is 3. The van der Waals surface area contributed by atoms with Crippen molar-refractivity contribution in [3.8, 4) is 0 Å². The number of piperidine rings is 2. The summed E-state index contributed by atoms with van der Waals surface area (Å²) in [4.78, 5) is 14.7. The molecule has 0 spiro atoms. The molecule has 2 unspecified atom stereocenters. The number of amides is 2. The Morgan fingerprint density at radius 1 is 0.952 bits per heavy atom. The van der Waals surface area contributed by atoms with Crippen molar-refractivity contribution in [2.45, 2.75) is 88.1 Å². The van der Waals surface area contributed by atoms with Gasteiger partial charge in [-0.2, -0.15) is 0 Å². The third-order valence-electron chi connectivity index (χ3n) is 5.71. The molecule has 5 nitrogen and oxygen atoms in total. The molecule has 3 N–H and O–H groups in total. The Kier molecular flexibility index (Phi) is 4.69. The fraction of sp³-hybridized carbons (Fsp3) is 0.938. The van der Waals surface area contributed by atoms with E-state index in [2.05, 4.69) is 22.6 Å². The van der Waals surface area contributed by atoms with E-state index in [1.165, 1.54) is 19.3 Å². The second kappa shape index (κ2) is 6.53. The van der Waals surface area contributed by atoms with Gasteiger partial charge in [0, 0.05) is 24.2 Å². The number of rotatable bonds is 2. The highest BCUT2D eigenvalue weighted by Gasteiger charge is 2.36. The maximum absolute atomic E-state index is 12.2. The van der Waals surface area contributed by atoms with Crippen LogP contribution in [0, 0.1) is 0 Å². The van der Waals surface area contributed by atoms with Gasteiger partial charge in [0.05, 0.1) is 6.10 Å². The monoisotopic (exact) mass is 295 g/mol. The van der Waals surface area contributed by atoms with Crippen LogP contribution in [0.15, 0.2) is 0 Å². The molecule has 0 aromatic rings. The zero-order chi connectivity index (χ0) is 14.8. The Bertz CT molecular complexity index is 355. The van der Waals surface area contributed by atoms with Crippen molar-refractivity contribution in [1.29, 1.82) is 0 Å². The van der Waals surface area contributed by atoms with Crippen LogP contribution in [-0.4, -0.2) is 53.4 Å². The Labute approximate surface area is 127 Å². The van der Waals surface area contributed by atoms with Crippen molar-refractivity contribution < 1.29 is 9.90 Å². The molecule has 21 heavy (non-hydrogen) atoms. The van der Waals surface area contributed by atoms with Gasteiger partial charge >= 0.3 is 6.03 Å². The molecule has 0 radical (unpaired) electrons. The van der Waals surface area contributed by atoms with Crippen molar-refractivity contribution >= 4 is 6.03 Å². The van der Waals surface area contributed by atoms with Crippen LogP contribution in [0.2, 0.25) is 0 Å². The van der Waals surface area contributed by atoms with Gasteiger partial charge in [0.15, 0.2) is 0 Å². The van der Waals surface area contributed by atoms with Crippen molar-refractivity contribution in [2.24, 2.45) is 0 Å². The van der Waals surface area contributed by atoms with E-state index in [9.17, 15) is 9.90 Å². The average Bonchev–Trinajstić information content (AvgIpc) is 2.42. The minimum atomic E-state index is -0.167. The molecule has 2 heterocycles. The largest absolute Gasteiger partial charge is 0.393 e. The number of fused-ring (bicyclic) bond motifs is 2. The van der Waals surface area contributed by atoms with Crippen LogP contribution in [0.25, 0.3) is 0 Å². The Morgan fingerprint density at radius 3 is 2.14 bits per heavy atom. The van der Waals surface area contributed by atoms with E-state index in [0.29, 0.717) is 18.1 Å². The zero-order valence-electron chi connectivity index (χ0n) is 13.1. The van der Waals surface area contributed by atoms with E-state index in [0.717, 1.165) is 38.5 Å². The van der Waals surface area contributed by atoms with Crippen LogP contribution in [0.4, 0.5) is 4.79 Å². The first-order valence-electron chi connectivity index (χ1n) is 8.59. The lowest BCUT2D eigenvalue weighted by Crippen LogP contribution is -2.57. The minimum absolute atomic E-state index is 0.0102. The molecule has 1 aliphatic carbocycles. The maximum atomic E-state index is 12.2. The zero-order valence-corrected chi connectivity index (χ0v) is 13.1. The quantitative estimate of drug-likeness (QED) is 0.725. The number of carbonyl (C=O) groups excluding carboxylic acids is 1. The highest BCUT2D eigenvalue weighted by molar-refractivity contribution is 5.74. The van der Waals surface area contributed by atoms with Crippen LogP contribution in [0.3, 0.4) is 0 Å². The molecule has 5 heteroatoms. The smallest absolute Gasteiger partial charge is 0.315 e. The molecule has 2 amide bonds. The van der Waals surface area contributed by atoms with Crippen LogP contribution in [0.5, 0.6) is 0 Å². The Hall–Kier alpha value is -0.810. The fourth-order valence-electron chi connectivity index (χ4n) is 4.37. The SMILES string of the molecule is CN1C2CCCC1CC(NC(=O)NC1CCC(O)CC1)C2. The highest BCUT2D eigenvalue weighted by atomic mass is 16.3. The Balaban J connectivity index is 1.45. The van der Waals surface area contributed by atoms with E-state index in [4.69, 9.17) is 0 Å². The van der Waals surface area contributed by atoms with Crippen LogP contribution in [0.1, 0.15) is 57.8 Å². The van der Waals surface area contributed by atoms with Gasteiger partial charge < -0.3 is 20.6 Å². The molecule has 3 rings (SSSR count). The summed E-state index contributed by atoms with van der Waals surface area (Å²) in [7, 11) is 2.23. The molecular weight excluding hydrogens is 266 g/mol. The molecule has 3 aliphatic rings. The number of carbonyl (C=O) groups is 1. The summed E-state index contributed by atoms with van der Waals surface area (Å²) in [6.07, 6.45) is 9.30. The van der Waals surface area contributed by atoms with Crippen molar-refractivity contribution in [3.05, 3.63) is 0 Å². The summed E-state index contributed by atoms with van der Waals surface area (Å²) in [6.45, 7) is 0. The Morgan fingerprint density at radius 2 is 1.52 bits per heavy atom. The average molecular weight is 295 g/mol. The molecular formula is C16H29N3O2. The molecule has 2 bridgehead atoms. The molecule has 2 saturated heterocycles. The second-order valence-corrected chi connectivity index (χ2v) is 7.20. The van der Waals surface area contributed by atoms with Gasteiger partial charge in [-0.3, -0.25) is 0 Å². The van der Waals surface area contributed by atoms with Gasteiger partial charge in [-0.1, -0.05) is 6.42 Å². The third-order valence-corrected chi connectivity index (χ3v) is 5.71. The lowest BCUT2D eigenvalue weighted by atomic mass is 9.82. The molecule has 3 fully saturated rings. The van der Waals surface area contributed by atoms with E-state index in [1.54, 1.807) is 0 Å². The van der Waals surface area contributed by atoms with Crippen molar-refractivity contribution in [3.63, 3.8) is 0 Å². The molecule has 0 aromatic heterocycles. The van der Waals surface area contributed by atoms with Gasteiger partial charge in [-0.15, -0.1) is 0 Å². The number of aliphatic hydroxyl groups excluding tert-OH is 1. The highest BCUT2D eigenvalue weighted by Crippen LogP contribution is 2.32. The third kappa shape index (κ3) is 3.69. The summed E-state index contributed by atoms with van der Waals surface area (Å²) in [6, 6.07) is 1.84. The normalized spacial score (nSPS) is 40.6. The topological polar surface area (TPSA) is 64.6 Å². The first-order chi connectivity index (χ1) is 10.1. The second-order valence-electron chi connectivity index (χ2n) is 7.20. The van der Waals surface area contributed by atoms with E-state index < -0.39 is 0 Å². The summed E-state index contributed by atoms with van der Waals surface area (Å²) >= 11 is 0. The van der Waals surface area contributed by atoms with E-state index in [1.807, 2.05) is 0 Å². The minimum Gasteiger partial charge on any atom is -0.393 e. The van der Waals surface area contributed by atoms with Gasteiger partial charge in [-0.25, -0.2) is 4.79 Å². The summed E-state index contributed by atoms with van der Waals surface area (Å²) in [5.74, 6) is 0. The fourth-order valence-corrected chi connectivity index (χ4v) is 4.37. The molecule has 2 atom stereocenters. The summed E-state index contributed by atoms with van der Waals surface area (Å²) in [5, 5.41) is 15.8. The number of aliphatic hydroxyl groups is 1. The van der Waals surface area contributed by atoms with Crippen LogP contribution >= 0.6 is 0 Å². The van der Waals surface area contributed by atoms with Gasteiger partial charge in [0.25, 0.3) is 0 Å². The van der Waals surface area contributed by atoms with Gasteiger partial charge in [-0.05, 0) is 58.4 Å². The van der Waals surface area contributed by atoms with E-state index >= 15 is 0 Å². The number of nitrogens with zero attached hydrogens (tertiary/aromatic N) is 1. The first kappa shape index (κ1) is 15.1. The first-order valence-corrected chi connectivity index (χ1v) is 8.59. The molecule has 120 valence electrons. The predicted molar refractivity (Wildman–Crippen MR) is 82.1 cm³/mol. The standard InChI is InChI=1S/C16H29N3O2/c1-19-13-3-2-4-14(19)10-12(9-13)18-16(21)17-11-5-7-15(20)8-6-11/h11-15,20H,2-10H2,1H3,(H2,17,18,21). The maximum Gasteiger partial charge on any atom is 0.315 e. The van der Waals surface area contributed by atoms with Crippen molar-refractivity contribution in [2.75, 3.05) is 7.05 Å². The number of urea groups is 1. The van der Waals surface area contributed by atoms with Gasteiger partial charge in [0.2, 0.25) is 0 Å². The summed E-state index contributed by atoms with van der Waals surface area (Å²) < 4.78 is 0. The van der Waals surface area contributed by atoms with Crippen molar-refractivity contribution in [1.82, 2.24) is 15.5 Å². The molecule has 0 aromatic carbocycles. The van der Waals surface area contributed by atoms with Gasteiger partial charge in [0.1, 0.15) is 0 Å². The lowest BCUT2D eigenvalue weighted by Gasteiger charge is -2.47. The predicted octanol–water partition coefficient (Wildman–Crippen LogP) is 1.60.